The van der Waals surface area contributed by atoms with E-state index in [1.54, 1.807) is 7.05 Å². The minimum atomic E-state index is -0.650. The molecule has 57 heavy (non-hydrogen) atoms. The summed E-state index contributed by atoms with van der Waals surface area (Å²) >= 11 is 0. The SMILES string of the molecule is CNC(=O)[C@H]1CC[C@@H](C)C[C@H]1NC(=O)[C@@H]1CCCC[C@@H]1NC(=O)[C@H]1CC[C@@H](C)C[C@H]1NC(=O)[C@@H]1CCCC[C@@H]1NC(=O)[C@H]1CC[C@@H](C)C[C@H]1NC(=O)OC(C)(C)C. The van der Waals surface area contributed by atoms with Gasteiger partial charge in [-0.05, 0) is 122 Å². The summed E-state index contributed by atoms with van der Waals surface area (Å²) < 4.78 is 5.52. The number of carbonyl (C=O) groups is 6. The number of hydrogen-bond donors (Lipinski definition) is 6. The molecule has 0 bridgehead atoms. The van der Waals surface area contributed by atoms with E-state index in [9.17, 15) is 28.8 Å². The van der Waals surface area contributed by atoms with Crippen LogP contribution in [0.4, 0.5) is 4.79 Å². The molecule has 5 saturated carbocycles. The summed E-state index contributed by atoms with van der Waals surface area (Å²) in [6, 6.07) is -1.58. The highest BCUT2D eigenvalue weighted by atomic mass is 16.6. The molecule has 0 aromatic heterocycles. The molecule has 322 valence electrons. The lowest BCUT2D eigenvalue weighted by molar-refractivity contribution is -0.133. The van der Waals surface area contributed by atoms with E-state index in [1.807, 2.05) is 20.8 Å². The van der Waals surface area contributed by atoms with Crippen molar-refractivity contribution in [1.82, 2.24) is 31.9 Å². The van der Waals surface area contributed by atoms with Gasteiger partial charge in [-0.3, -0.25) is 24.0 Å². The van der Waals surface area contributed by atoms with Gasteiger partial charge in [0.2, 0.25) is 29.5 Å². The molecule has 6 amide bonds. The van der Waals surface area contributed by atoms with Crippen molar-refractivity contribution in [2.24, 2.45) is 47.3 Å². The van der Waals surface area contributed by atoms with E-state index in [2.05, 4.69) is 52.7 Å². The van der Waals surface area contributed by atoms with Gasteiger partial charge in [0.15, 0.2) is 0 Å². The van der Waals surface area contributed by atoms with E-state index in [0.717, 1.165) is 57.8 Å². The molecule has 0 saturated heterocycles. The first kappa shape index (κ1) is 44.7. The number of ether oxygens (including phenoxy) is 1. The minimum absolute atomic E-state index is 0.0395. The number of alkyl carbamates (subject to hydrolysis) is 1. The molecule has 0 aromatic rings. The number of hydrogen-bond acceptors (Lipinski definition) is 7. The Kier molecular flexibility index (Phi) is 15.7. The van der Waals surface area contributed by atoms with Crippen molar-refractivity contribution in [3.8, 4) is 0 Å². The van der Waals surface area contributed by atoms with E-state index in [4.69, 9.17) is 4.74 Å². The van der Waals surface area contributed by atoms with Crippen LogP contribution in [0.1, 0.15) is 151 Å². The lowest BCUT2D eigenvalue weighted by atomic mass is 9.76. The quantitative estimate of drug-likeness (QED) is 0.174. The number of amides is 6. The Morgan fingerprint density at radius 3 is 1.11 bits per heavy atom. The van der Waals surface area contributed by atoms with E-state index in [0.29, 0.717) is 69.1 Å². The molecule has 13 heteroatoms. The summed E-state index contributed by atoms with van der Waals surface area (Å²) in [5, 5.41) is 18.8. The summed E-state index contributed by atoms with van der Waals surface area (Å²) in [5.41, 5.74) is -0.650. The van der Waals surface area contributed by atoms with Crippen LogP contribution in [0, 0.1) is 47.3 Å². The molecule has 0 aliphatic heterocycles. The maximum absolute atomic E-state index is 14.2. The van der Waals surface area contributed by atoms with Crippen molar-refractivity contribution in [2.75, 3.05) is 7.05 Å². The highest BCUT2D eigenvalue weighted by molar-refractivity contribution is 5.86. The molecule has 13 atom stereocenters. The van der Waals surface area contributed by atoms with Crippen LogP contribution in [0.3, 0.4) is 0 Å². The third-order valence-electron chi connectivity index (χ3n) is 13.8. The van der Waals surface area contributed by atoms with Gasteiger partial charge in [-0.25, -0.2) is 4.79 Å². The van der Waals surface area contributed by atoms with Crippen LogP contribution in [-0.4, -0.2) is 78.5 Å². The topological polar surface area (TPSA) is 184 Å². The average Bonchev–Trinajstić information content (AvgIpc) is 3.14. The second kappa shape index (κ2) is 20.1. The predicted octanol–water partition coefficient (Wildman–Crippen LogP) is 5.25. The molecule has 5 aliphatic carbocycles. The van der Waals surface area contributed by atoms with Gasteiger partial charge in [-0.1, -0.05) is 46.5 Å². The Labute approximate surface area is 341 Å². The summed E-state index contributed by atoms with van der Waals surface area (Å²) in [6.07, 6.45) is 12.7. The van der Waals surface area contributed by atoms with Gasteiger partial charge >= 0.3 is 6.09 Å². The van der Waals surface area contributed by atoms with Crippen LogP contribution >= 0.6 is 0 Å². The fourth-order valence-corrected chi connectivity index (χ4v) is 10.6. The van der Waals surface area contributed by atoms with Gasteiger partial charge in [0, 0.05) is 37.3 Å². The Hall–Kier alpha value is -3.38. The number of nitrogens with one attached hydrogen (secondary N) is 6. The minimum Gasteiger partial charge on any atom is -0.444 e. The molecule has 0 heterocycles. The summed E-state index contributed by atoms with van der Waals surface area (Å²) in [6.45, 7) is 11.9. The van der Waals surface area contributed by atoms with Crippen LogP contribution in [-0.2, 0) is 28.7 Å². The number of rotatable bonds is 10. The molecule has 0 radical (unpaired) electrons. The first-order valence-corrected chi connectivity index (χ1v) is 22.5. The number of carbonyl (C=O) groups excluding carboxylic acids is 6. The second-order valence-electron chi connectivity index (χ2n) is 19.7. The Morgan fingerprint density at radius 2 is 0.737 bits per heavy atom. The van der Waals surface area contributed by atoms with Crippen molar-refractivity contribution < 1.29 is 33.5 Å². The predicted molar refractivity (Wildman–Crippen MR) is 218 cm³/mol. The van der Waals surface area contributed by atoms with Crippen LogP contribution in [0.2, 0.25) is 0 Å². The molecule has 0 spiro atoms. The summed E-state index contributed by atoms with van der Waals surface area (Å²) in [7, 11) is 1.64. The van der Waals surface area contributed by atoms with Crippen LogP contribution in [0.25, 0.3) is 0 Å². The first-order chi connectivity index (χ1) is 27.0. The molecule has 13 nitrogen and oxygen atoms in total. The zero-order chi connectivity index (χ0) is 41.4. The van der Waals surface area contributed by atoms with E-state index < -0.39 is 29.4 Å². The van der Waals surface area contributed by atoms with Gasteiger partial charge in [0.1, 0.15) is 5.60 Å². The van der Waals surface area contributed by atoms with Gasteiger partial charge in [0.05, 0.1) is 29.6 Å². The second-order valence-corrected chi connectivity index (χ2v) is 19.7. The van der Waals surface area contributed by atoms with Gasteiger partial charge in [0.25, 0.3) is 0 Å². The lowest BCUT2D eigenvalue weighted by Crippen LogP contribution is -2.58. The third-order valence-corrected chi connectivity index (χ3v) is 13.8. The molecule has 6 N–H and O–H groups in total. The molecule has 0 aromatic carbocycles. The van der Waals surface area contributed by atoms with E-state index >= 15 is 0 Å². The first-order valence-electron chi connectivity index (χ1n) is 22.5. The Morgan fingerprint density at radius 1 is 0.421 bits per heavy atom. The van der Waals surface area contributed by atoms with Crippen molar-refractivity contribution in [1.29, 1.82) is 0 Å². The Balaban J connectivity index is 1.21. The van der Waals surface area contributed by atoms with Gasteiger partial charge in [-0.15, -0.1) is 0 Å². The van der Waals surface area contributed by atoms with Crippen molar-refractivity contribution in [3.05, 3.63) is 0 Å². The zero-order valence-electron chi connectivity index (χ0n) is 35.9. The van der Waals surface area contributed by atoms with Crippen molar-refractivity contribution in [3.63, 3.8) is 0 Å². The standard InChI is InChI=1S/C44H74N6O7/c1-25-16-19-30(38(51)45-7)35(22-25)48-39(52)28-12-8-10-14-33(28)46-41(54)31-20-17-26(2)23-36(31)49-40(53)29-13-9-11-15-34(29)47-42(55)32-21-18-27(3)24-37(32)50-43(56)57-44(4,5)6/h25-37H,8-24H2,1-7H3,(H,45,51)(H,46,54)(H,47,55)(H,48,52)(H,49,53)(H,50,56)/t25-,26-,27-,28-,29-,30+,31+,32+,33+,34+,35-,36-,37-/m1/s1. The smallest absolute Gasteiger partial charge is 0.407 e. The van der Waals surface area contributed by atoms with Gasteiger partial charge in [-0.2, -0.15) is 0 Å². The summed E-state index contributed by atoms with van der Waals surface area (Å²) in [4.78, 5) is 81.5. The Bertz CT molecular complexity index is 1430. The zero-order valence-corrected chi connectivity index (χ0v) is 35.9. The monoisotopic (exact) mass is 799 g/mol. The molecular weight excluding hydrogens is 725 g/mol. The lowest BCUT2D eigenvalue weighted by Gasteiger charge is -2.40. The maximum atomic E-state index is 14.2. The fourth-order valence-electron chi connectivity index (χ4n) is 10.6. The summed E-state index contributed by atoms with van der Waals surface area (Å²) in [5.74, 6) is -1.28. The van der Waals surface area contributed by atoms with Crippen molar-refractivity contribution >= 4 is 35.6 Å². The van der Waals surface area contributed by atoms with Crippen LogP contribution < -0.4 is 31.9 Å². The molecule has 0 unspecified atom stereocenters. The van der Waals surface area contributed by atoms with Crippen LogP contribution in [0.15, 0.2) is 0 Å². The van der Waals surface area contributed by atoms with E-state index in [1.165, 1.54) is 0 Å². The fraction of sp³-hybridized carbons (Fsp3) is 0.864. The molecule has 5 fully saturated rings. The van der Waals surface area contributed by atoms with Gasteiger partial charge < -0.3 is 36.6 Å². The highest BCUT2D eigenvalue weighted by Gasteiger charge is 2.43. The normalized spacial score (nSPS) is 36.1. The molecular formula is C44H74N6O7. The average molecular weight is 799 g/mol. The highest BCUT2D eigenvalue weighted by Crippen LogP contribution is 2.35. The largest absolute Gasteiger partial charge is 0.444 e. The van der Waals surface area contributed by atoms with Crippen LogP contribution in [0.5, 0.6) is 0 Å². The molecule has 5 rings (SSSR count). The maximum Gasteiger partial charge on any atom is 0.407 e. The van der Waals surface area contributed by atoms with E-state index in [-0.39, 0.29) is 71.6 Å². The molecule has 5 aliphatic rings. The van der Waals surface area contributed by atoms with Crippen molar-refractivity contribution in [2.45, 2.75) is 187 Å². The third kappa shape index (κ3) is 12.3.